The molecule has 0 aliphatic heterocycles. The number of ether oxygens (including phenoxy) is 2. The lowest BCUT2D eigenvalue weighted by Crippen LogP contribution is -2.41. The molecular weight excluding hydrogens is 453 g/mol. The van der Waals surface area contributed by atoms with Gasteiger partial charge in [-0.05, 0) is 62.5 Å². The van der Waals surface area contributed by atoms with Crippen LogP contribution in [0.3, 0.4) is 0 Å². The van der Waals surface area contributed by atoms with Crippen LogP contribution in [0, 0.1) is 5.82 Å². The summed E-state index contributed by atoms with van der Waals surface area (Å²) in [7, 11) is 0. The Balaban J connectivity index is 0.00000363. The minimum Gasteiger partial charge on any atom is -0.494 e. The average Bonchev–Trinajstić information content (AvgIpc) is 3.19. The summed E-state index contributed by atoms with van der Waals surface area (Å²) in [6, 6.07) is 11.4. The zero-order valence-corrected chi connectivity index (χ0v) is 20.2. The summed E-state index contributed by atoms with van der Waals surface area (Å²) in [6.45, 7) is 9.62. The highest BCUT2D eigenvalue weighted by atomic mass is 35.5. The van der Waals surface area contributed by atoms with Gasteiger partial charge in [0, 0.05) is 13.1 Å². The number of nitrogens with zero attached hydrogens (tertiary/aromatic N) is 3. The first kappa shape index (κ1) is 25.8. The number of carbonyl (C=O) groups excluding carboxylic acids is 1. The molecule has 0 N–H and O–H groups in total. The largest absolute Gasteiger partial charge is 0.494 e. The van der Waals surface area contributed by atoms with Crippen LogP contribution in [-0.4, -0.2) is 55.2 Å². The van der Waals surface area contributed by atoms with Crippen molar-refractivity contribution in [1.29, 1.82) is 0 Å². The molecule has 0 bridgehead atoms. The van der Waals surface area contributed by atoms with Gasteiger partial charge < -0.3 is 14.4 Å². The van der Waals surface area contributed by atoms with Crippen LogP contribution in [0.25, 0.3) is 10.2 Å². The number of hydrogen-bond donors (Lipinski definition) is 0. The van der Waals surface area contributed by atoms with Gasteiger partial charge in [-0.25, -0.2) is 9.37 Å². The van der Waals surface area contributed by atoms with Crippen LogP contribution < -0.4 is 14.4 Å². The number of halogens is 2. The second-order valence-electron chi connectivity index (χ2n) is 6.87. The lowest BCUT2D eigenvalue weighted by atomic mass is 10.3. The number of anilines is 1. The molecule has 2 aromatic carbocycles. The number of benzene rings is 2. The van der Waals surface area contributed by atoms with Crippen LogP contribution in [0.5, 0.6) is 11.5 Å². The van der Waals surface area contributed by atoms with Gasteiger partial charge in [0.1, 0.15) is 17.3 Å². The molecule has 0 aliphatic rings. The van der Waals surface area contributed by atoms with Crippen LogP contribution in [0.1, 0.15) is 20.8 Å². The molecule has 0 saturated carbocycles. The minimum absolute atomic E-state index is 0. The fraction of sp³-hybridized carbons (Fsp3) is 0.391. The number of amides is 1. The van der Waals surface area contributed by atoms with Gasteiger partial charge in [-0.2, -0.15) is 0 Å². The molecule has 32 heavy (non-hydrogen) atoms. The number of thiazole rings is 1. The number of fused-ring (bicyclic) bond motifs is 1. The third-order valence-electron chi connectivity index (χ3n) is 4.90. The Morgan fingerprint density at radius 3 is 2.34 bits per heavy atom. The molecule has 0 unspecified atom stereocenters. The number of rotatable bonds is 11. The van der Waals surface area contributed by atoms with Gasteiger partial charge in [0.2, 0.25) is 0 Å². The molecule has 0 atom stereocenters. The summed E-state index contributed by atoms with van der Waals surface area (Å²) < 4.78 is 25.2. The Hall–Kier alpha value is -2.42. The molecule has 1 aromatic heterocycles. The normalized spacial score (nSPS) is 10.8. The van der Waals surface area contributed by atoms with Crippen LogP contribution in [-0.2, 0) is 4.79 Å². The van der Waals surface area contributed by atoms with E-state index in [2.05, 4.69) is 23.7 Å². The number of hydrogen-bond acceptors (Lipinski definition) is 6. The highest BCUT2D eigenvalue weighted by molar-refractivity contribution is 7.22. The van der Waals surface area contributed by atoms with Crippen molar-refractivity contribution in [3.8, 4) is 11.5 Å². The molecule has 3 aromatic rings. The van der Waals surface area contributed by atoms with Crippen molar-refractivity contribution in [2.24, 2.45) is 0 Å². The number of aromatic nitrogens is 1. The fourth-order valence-corrected chi connectivity index (χ4v) is 4.16. The number of likely N-dealkylation sites (N-methyl/N-ethyl adjacent to an activating group) is 1. The quantitative estimate of drug-likeness (QED) is 0.385. The third-order valence-corrected chi connectivity index (χ3v) is 5.94. The minimum atomic E-state index is -0.347. The molecule has 6 nitrogen and oxygen atoms in total. The maximum absolute atomic E-state index is 13.1. The van der Waals surface area contributed by atoms with Crippen LogP contribution in [0.4, 0.5) is 9.52 Å². The van der Waals surface area contributed by atoms with E-state index in [9.17, 15) is 9.18 Å². The summed E-state index contributed by atoms with van der Waals surface area (Å²) in [5.74, 6) is 0.691. The molecule has 1 heterocycles. The smallest absolute Gasteiger partial charge is 0.266 e. The molecule has 0 fully saturated rings. The molecule has 0 spiro atoms. The Bertz CT molecular complexity index is 996. The van der Waals surface area contributed by atoms with Crippen molar-refractivity contribution in [1.82, 2.24) is 9.88 Å². The second kappa shape index (κ2) is 12.6. The van der Waals surface area contributed by atoms with Gasteiger partial charge in [0.15, 0.2) is 11.7 Å². The SMILES string of the molecule is CCOc1ccc2nc(N(CCN(CC)CC)C(=O)COc3ccc(F)cc3)sc2c1.Cl. The molecule has 0 radical (unpaired) electrons. The Labute approximate surface area is 198 Å². The van der Waals surface area contributed by atoms with Crippen molar-refractivity contribution in [3.05, 3.63) is 48.3 Å². The maximum Gasteiger partial charge on any atom is 0.266 e. The van der Waals surface area contributed by atoms with Gasteiger partial charge in [-0.3, -0.25) is 9.69 Å². The van der Waals surface area contributed by atoms with E-state index in [4.69, 9.17) is 9.47 Å². The monoisotopic (exact) mass is 481 g/mol. The van der Waals surface area contributed by atoms with E-state index in [1.54, 1.807) is 4.90 Å². The topological polar surface area (TPSA) is 54.9 Å². The van der Waals surface area contributed by atoms with Crippen molar-refractivity contribution in [2.75, 3.05) is 44.3 Å². The summed E-state index contributed by atoms with van der Waals surface area (Å²) in [6.07, 6.45) is 0. The van der Waals surface area contributed by atoms with Crippen LogP contribution in [0.15, 0.2) is 42.5 Å². The highest BCUT2D eigenvalue weighted by Crippen LogP contribution is 2.31. The van der Waals surface area contributed by atoms with Crippen LogP contribution in [0.2, 0.25) is 0 Å². The molecule has 9 heteroatoms. The van der Waals surface area contributed by atoms with Crippen molar-refractivity contribution in [3.63, 3.8) is 0 Å². The predicted octanol–water partition coefficient (Wildman–Crippen LogP) is 5.01. The molecular formula is C23H29ClFN3O3S. The summed E-state index contributed by atoms with van der Waals surface area (Å²) in [5.41, 5.74) is 0.823. The molecule has 0 saturated heterocycles. The molecule has 174 valence electrons. The van der Waals surface area contributed by atoms with E-state index in [1.165, 1.54) is 35.6 Å². The molecule has 0 aliphatic carbocycles. The Kier molecular flexibility index (Phi) is 10.2. The van der Waals surface area contributed by atoms with Gasteiger partial charge in [-0.15, -0.1) is 12.4 Å². The molecule has 3 rings (SSSR count). The van der Waals surface area contributed by atoms with Crippen LogP contribution >= 0.6 is 23.7 Å². The Morgan fingerprint density at radius 1 is 1.00 bits per heavy atom. The van der Waals surface area contributed by atoms with Gasteiger partial charge in [0.25, 0.3) is 5.91 Å². The van der Waals surface area contributed by atoms with Gasteiger partial charge in [0.05, 0.1) is 16.8 Å². The van der Waals surface area contributed by atoms with E-state index in [0.29, 0.717) is 24.0 Å². The summed E-state index contributed by atoms with van der Waals surface area (Å²) in [4.78, 5) is 21.7. The summed E-state index contributed by atoms with van der Waals surface area (Å²) >= 11 is 1.45. The Morgan fingerprint density at radius 2 is 1.69 bits per heavy atom. The first-order valence-corrected chi connectivity index (χ1v) is 11.3. The zero-order valence-electron chi connectivity index (χ0n) is 18.5. The van der Waals surface area contributed by atoms with E-state index in [0.717, 1.165) is 35.6 Å². The van der Waals surface area contributed by atoms with Gasteiger partial charge in [-0.1, -0.05) is 25.2 Å². The van der Waals surface area contributed by atoms with E-state index < -0.39 is 0 Å². The maximum atomic E-state index is 13.1. The lowest BCUT2D eigenvalue weighted by Gasteiger charge is -2.24. The summed E-state index contributed by atoms with van der Waals surface area (Å²) in [5, 5.41) is 0.628. The van der Waals surface area contributed by atoms with Crippen molar-refractivity contribution in [2.45, 2.75) is 20.8 Å². The van der Waals surface area contributed by atoms with E-state index in [-0.39, 0.29) is 30.7 Å². The van der Waals surface area contributed by atoms with Crippen molar-refractivity contribution < 1.29 is 18.7 Å². The number of carbonyl (C=O) groups is 1. The first-order valence-electron chi connectivity index (χ1n) is 10.5. The average molecular weight is 482 g/mol. The molecule has 1 amide bonds. The van der Waals surface area contributed by atoms with E-state index >= 15 is 0 Å². The fourth-order valence-electron chi connectivity index (χ4n) is 3.13. The highest BCUT2D eigenvalue weighted by Gasteiger charge is 2.21. The van der Waals surface area contributed by atoms with Gasteiger partial charge >= 0.3 is 0 Å². The third kappa shape index (κ3) is 6.79. The van der Waals surface area contributed by atoms with E-state index in [1.807, 2.05) is 25.1 Å². The van der Waals surface area contributed by atoms with Crippen molar-refractivity contribution >= 4 is 45.0 Å². The predicted molar refractivity (Wildman–Crippen MR) is 130 cm³/mol. The standard InChI is InChI=1S/C23H28FN3O3S.ClH/c1-4-26(5-2)13-14-27(22(28)16-30-18-9-7-17(24)8-10-18)23-25-20-12-11-19(29-6-3)15-21(20)31-23;/h7-12,15H,4-6,13-14,16H2,1-3H3;1H. The lowest BCUT2D eigenvalue weighted by molar-refractivity contribution is -0.120. The zero-order chi connectivity index (χ0) is 22.2. The second-order valence-corrected chi connectivity index (χ2v) is 7.88. The first-order chi connectivity index (χ1) is 15.0.